The Morgan fingerprint density at radius 3 is 2.45 bits per heavy atom. The van der Waals surface area contributed by atoms with Gasteiger partial charge < -0.3 is 15.2 Å². The lowest BCUT2D eigenvalue weighted by molar-refractivity contribution is -0.126. The molecule has 0 radical (unpaired) electrons. The van der Waals surface area contributed by atoms with Crippen molar-refractivity contribution in [3.63, 3.8) is 0 Å². The van der Waals surface area contributed by atoms with E-state index in [4.69, 9.17) is 4.74 Å². The lowest BCUT2D eigenvalue weighted by atomic mass is 9.85. The maximum atomic E-state index is 13.2. The van der Waals surface area contributed by atoms with E-state index < -0.39 is 15.6 Å². The molecule has 0 unspecified atom stereocenters. The molecular formula is C28H34FN3O5S. The van der Waals surface area contributed by atoms with Crippen LogP contribution in [0.15, 0.2) is 59.5 Å². The molecule has 38 heavy (non-hydrogen) atoms. The lowest BCUT2D eigenvalue weighted by Gasteiger charge is -2.29. The summed E-state index contributed by atoms with van der Waals surface area (Å²) in [5.41, 5.74) is 0.620. The summed E-state index contributed by atoms with van der Waals surface area (Å²) >= 11 is 0. The molecule has 3 aromatic rings. The van der Waals surface area contributed by atoms with Crippen molar-refractivity contribution in [3.05, 3.63) is 66.0 Å². The van der Waals surface area contributed by atoms with E-state index in [1.165, 1.54) is 18.2 Å². The smallest absolute Gasteiger partial charge is 0.240 e. The highest BCUT2D eigenvalue weighted by Gasteiger charge is 2.30. The zero-order valence-electron chi connectivity index (χ0n) is 21.8. The molecule has 1 saturated carbocycles. The van der Waals surface area contributed by atoms with Gasteiger partial charge in [-0.15, -0.1) is 0 Å². The Labute approximate surface area is 222 Å². The third kappa shape index (κ3) is 6.86. The van der Waals surface area contributed by atoms with Crippen molar-refractivity contribution in [3.8, 4) is 5.88 Å². The van der Waals surface area contributed by atoms with Crippen molar-refractivity contribution >= 4 is 26.8 Å². The van der Waals surface area contributed by atoms with Gasteiger partial charge in [0.05, 0.1) is 23.1 Å². The number of amides is 1. The van der Waals surface area contributed by atoms with Crippen LogP contribution in [0.25, 0.3) is 10.9 Å². The summed E-state index contributed by atoms with van der Waals surface area (Å²) in [6, 6.07) is 13.6. The molecule has 204 valence electrons. The van der Waals surface area contributed by atoms with Crippen LogP contribution in [0, 0.1) is 11.7 Å². The topological polar surface area (TPSA) is 118 Å². The summed E-state index contributed by atoms with van der Waals surface area (Å²) in [6.45, 7) is 5.17. The van der Waals surface area contributed by atoms with Gasteiger partial charge in [0.25, 0.3) is 0 Å². The van der Waals surface area contributed by atoms with Gasteiger partial charge in [0.1, 0.15) is 11.4 Å². The van der Waals surface area contributed by atoms with Crippen molar-refractivity contribution in [1.29, 1.82) is 0 Å². The number of hydrogen-bond donors (Lipinski definition) is 3. The Hall–Kier alpha value is -3.08. The van der Waals surface area contributed by atoms with Crippen molar-refractivity contribution in [2.75, 3.05) is 6.61 Å². The summed E-state index contributed by atoms with van der Waals surface area (Å²) in [4.78, 5) is 17.3. The van der Waals surface area contributed by atoms with Crippen molar-refractivity contribution < 1.29 is 27.4 Å². The maximum Gasteiger partial charge on any atom is 0.240 e. The first kappa shape index (κ1) is 27.9. The van der Waals surface area contributed by atoms with Crippen LogP contribution in [0.2, 0.25) is 0 Å². The van der Waals surface area contributed by atoms with Crippen LogP contribution in [0.4, 0.5) is 4.39 Å². The molecule has 2 aromatic carbocycles. The van der Waals surface area contributed by atoms with E-state index in [9.17, 15) is 22.7 Å². The first-order valence-electron chi connectivity index (χ1n) is 12.7. The number of hydrogen-bond acceptors (Lipinski definition) is 6. The van der Waals surface area contributed by atoms with Crippen LogP contribution in [0.1, 0.15) is 58.1 Å². The van der Waals surface area contributed by atoms with E-state index in [0.717, 1.165) is 5.56 Å². The zero-order chi connectivity index (χ0) is 27.5. The van der Waals surface area contributed by atoms with Crippen LogP contribution >= 0.6 is 0 Å². The standard InChI is InChI=1S/C28H34FN3O5S/c1-18(19-4-9-22(29)10-5-19)30-27(34)20-6-11-23(12-7-20)32-38(35,36)24-13-14-25-21(16-24)8-15-26(31-25)37-28(2,3)17-33/h4-5,8-10,13-16,18,20,23,32-33H,6-7,11-12,17H2,1-3H3,(H,30,34)/t18-,20-,23-/m1/s1. The predicted molar refractivity (Wildman–Crippen MR) is 143 cm³/mol. The molecule has 3 N–H and O–H groups in total. The number of nitrogens with zero attached hydrogens (tertiary/aromatic N) is 1. The monoisotopic (exact) mass is 543 g/mol. The molecule has 0 aliphatic heterocycles. The molecule has 1 heterocycles. The molecule has 10 heteroatoms. The average Bonchev–Trinajstić information content (AvgIpc) is 2.88. The minimum absolute atomic E-state index is 0.0733. The highest BCUT2D eigenvalue weighted by molar-refractivity contribution is 7.89. The molecule has 4 rings (SSSR count). The summed E-state index contributed by atoms with van der Waals surface area (Å²) in [5, 5.41) is 13.0. The molecule has 0 bridgehead atoms. The minimum atomic E-state index is -3.76. The van der Waals surface area contributed by atoms with Gasteiger partial charge in [0.2, 0.25) is 21.8 Å². The maximum absolute atomic E-state index is 13.2. The fourth-order valence-electron chi connectivity index (χ4n) is 4.55. The third-order valence-corrected chi connectivity index (χ3v) is 8.37. The van der Waals surface area contributed by atoms with Crippen LogP contribution in [-0.2, 0) is 14.8 Å². The van der Waals surface area contributed by atoms with Gasteiger partial charge in [-0.05, 0) is 88.4 Å². The zero-order valence-corrected chi connectivity index (χ0v) is 22.6. The number of fused-ring (bicyclic) bond motifs is 1. The summed E-state index contributed by atoms with van der Waals surface area (Å²) in [5.74, 6) is -0.248. The number of pyridine rings is 1. The third-order valence-electron chi connectivity index (χ3n) is 6.86. The number of rotatable bonds is 9. The van der Waals surface area contributed by atoms with Crippen molar-refractivity contribution in [2.24, 2.45) is 5.92 Å². The van der Waals surface area contributed by atoms with Crippen LogP contribution in [0.5, 0.6) is 5.88 Å². The van der Waals surface area contributed by atoms with E-state index in [0.29, 0.717) is 42.5 Å². The Bertz CT molecular complexity index is 1390. The number of benzene rings is 2. The van der Waals surface area contributed by atoms with Gasteiger partial charge in [0, 0.05) is 23.4 Å². The van der Waals surface area contributed by atoms with Gasteiger partial charge >= 0.3 is 0 Å². The van der Waals surface area contributed by atoms with Crippen molar-refractivity contribution in [2.45, 2.75) is 69.0 Å². The highest BCUT2D eigenvalue weighted by atomic mass is 32.2. The van der Waals surface area contributed by atoms with Gasteiger partial charge in [-0.25, -0.2) is 22.5 Å². The Balaban J connectivity index is 1.34. The normalized spacial score (nSPS) is 19.2. The Morgan fingerprint density at radius 2 is 1.79 bits per heavy atom. The quantitative estimate of drug-likeness (QED) is 0.372. The van der Waals surface area contributed by atoms with Gasteiger partial charge in [-0.1, -0.05) is 12.1 Å². The largest absolute Gasteiger partial charge is 0.469 e. The molecule has 1 amide bonds. The summed E-state index contributed by atoms with van der Waals surface area (Å²) in [6.07, 6.45) is 2.25. The molecule has 8 nitrogen and oxygen atoms in total. The summed E-state index contributed by atoms with van der Waals surface area (Å²) < 4.78 is 47.8. The second-order valence-electron chi connectivity index (χ2n) is 10.5. The van der Waals surface area contributed by atoms with Crippen LogP contribution in [0.3, 0.4) is 0 Å². The lowest BCUT2D eigenvalue weighted by Crippen LogP contribution is -2.41. The number of aliphatic hydroxyl groups is 1. The molecule has 1 aliphatic carbocycles. The van der Waals surface area contributed by atoms with E-state index in [1.54, 1.807) is 50.2 Å². The average molecular weight is 544 g/mol. The van der Waals surface area contributed by atoms with E-state index in [2.05, 4.69) is 15.0 Å². The fraction of sp³-hybridized carbons (Fsp3) is 0.429. The first-order chi connectivity index (χ1) is 18.0. The number of halogens is 1. The molecule has 1 atom stereocenters. The van der Waals surface area contributed by atoms with E-state index in [1.807, 2.05) is 6.92 Å². The van der Waals surface area contributed by atoms with Crippen LogP contribution in [-0.4, -0.2) is 42.7 Å². The number of sulfonamides is 1. The SMILES string of the molecule is C[C@@H](NC(=O)[C@H]1CC[C@H](NS(=O)(=O)c2ccc3nc(OC(C)(C)CO)ccc3c2)CC1)c1ccc(F)cc1. The second-order valence-corrected chi connectivity index (χ2v) is 12.2. The molecule has 0 spiro atoms. The fourth-order valence-corrected chi connectivity index (χ4v) is 5.89. The predicted octanol–water partition coefficient (Wildman–Crippen LogP) is 4.24. The molecule has 1 fully saturated rings. The first-order valence-corrected chi connectivity index (χ1v) is 14.2. The van der Waals surface area contributed by atoms with Crippen molar-refractivity contribution in [1.82, 2.24) is 15.0 Å². The number of aromatic nitrogens is 1. The Kier molecular flexibility index (Phi) is 8.34. The van der Waals surface area contributed by atoms with Gasteiger partial charge in [-0.2, -0.15) is 0 Å². The van der Waals surface area contributed by atoms with E-state index in [-0.39, 0.29) is 41.2 Å². The number of aliphatic hydroxyl groups excluding tert-OH is 1. The summed E-state index contributed by atoms with van der Waals surface area (Å²) in [7, 11) is -3.76. The molecule has 0 saturated heterocycles. The van der Waals surface area contributed by atoms with E-state index >= 15 is 0 Å². The Morgan fingerprint density at radius 1 is 1.11 bits per heavy atom. The number of ether oxygens (including phenoxy) is 1. The number of carbonyl (C=O) groups excluding carboxylic acids is 1. The van der Waals surface area contributed by atoms with Gasteiger partial charge in [-0.3, -0.25) is 4.79 Å². The number of nitrogens with one attached hydrogen (secondary N) is 2. The number of carbonyl (C=O) groups is 1. The highest BCUT2D eigenvalue weighted by Crippen LogP contribution is 2.28. The molecule has 1 aliphatic rings. The van der Waals surface area contributed by atoms with Gasteiger partial charge in [0.15, 0.2) is 0 Å². The second kappa shape index (κ2) is 11.3. The molecular weight excluding hydrogens is 509 g/mol. The molecule has 1 aromatic heterocycles. The van der Waals surface area contributed by atoms with Crippen LogP contribution < -0.4 is 14.8 Å². The minimum Gasteiger partial charge on any atom is -0.469 e.